The van der Waals surface area contributed by atoms with Gasteiger partial charge < -0.3 is 4.42 Å². The molecule has 1 aliphatic carbocycles. The van der Waals surface area contributed by atoms with Crippen molar-refractivity contribution in [1.29, 1.82) is 0 Å². The number of para-hydroxylation sites is 1. The van der Waals surface area contributed by atoms with Gasteiger partial charge in [0.2, 0.25) is 0 Å². The Hall–Kier alpha value is -7.09. The van der Waals surface area contributed by atoms with E-state index in [2.05, 4.69) is 200 Å². The van der Waals surface area contributed by atoms with Crippen LogP contribution in [0.4, 0.5) is 0 Å². The van der Waals surface area contributed by atoms with Crippen molar-refractivity contribution in [1.82, 2.24) is 9.97 Å². The maximum absolute atomic E-state index is 6.12. The molecule has 0 N–H and O–H groups in total. The van der Waals surface area contributed by atoms with E-state index in [4.69, 9.17) is 14.4 Å². The molecule has 11 aromatic rings. The quantitative estimate of drug-likeness (QED) is 0.118. The van der Waals surface area contributed by atoms with Gasteiger partial charge in [0.05, 0.1) is 22.4 Å². The molecule has 12 rings (SSSR count). The van der Waals surface area contributed by atoms with Crippen molar-refractivity contribution in [2.75, 3.05) is 0 Å². The summed E-state index contributed by atoms with van der Waals surface area (Å²) >= 11 is 0. The van der Waals surface area contributed by atoms with Crippen molar-refractivity contribution in [3.63, 3.8) is 0 Å². The molecule has 3 heterocycles. The van der Waals surface area contributed by atoms with E-state index < -0.39 is 0 Å². The van der Waals surface area contributed by atoms with Gasteiger partial charge in [0.15, 0.2) is 0 Å². The van der Waals surface area contributed by atoms with Crippen LogP contribution >= 0.6 is 0 Å². The normalized spacial score (nSPS) is 12.5. The summed E-state index contributed by atoms with van der Waals surface area (Å²) in [4.78, 5) is 11.0. The molecule has 298 valence electrons. The van der Waals surface area contributed by atoms with Gasteiger partial charge in [0, 0.05) is 32.7 Å². The van der Waals surface area contributed by atoms with E-state index in [0.717, 1.165) is 135 Å². The molecule has 3 aromatic heterocycles. The molecule has 3 nitrogen and oxygen atoms in total. The second-order valence-corrected chi connectivity index (χ2v) is 16.2. The van der Waals surface area contributed by atoms with Gasteiger partial charge in [0.25, 0.3) is 0 Å². The predicted molar refractivity (Wildman–Crippen MR) is 261 cm³/mol. The maximum Gasteiger partial charge on any atom is 2.00 e. The first-order valence-electron chi connectivity index (χ1n) is 21.5. The minimum atomic E-state index is 0. The Bertz CT molecular complexity index is 3590. The Kier molecular flexibility index (Phi) is 10.5. The van der Waals surface area contributed by atoms with Crippen LogP contribution in [0.25, 0.3) is 116 Å². The monoisotopic (exact) mass is 1040 g/mol. The SMILES string of the molecule is [C-]1=C(c2[c-]ccc(-c3ccc(-c4cc(-c5ccccc5)c5ccc6c(-c7ccccc7)cc(-c7ccc(-c8ccc9oc%10ccccc%10c9c8)cc7)nc6c5n4)cc3)c2)C=CCC1.[U+2]. The third kappa shape index (κ3) is 7.30. The molecule has 0 aliphatic heterocycles. The zero-order chi connectivity index (χ0) is 41.7. The molecular formula is C60H38N2OU. The van der Waals surface area contributed by atoms with Gasteiger partial charge in [-0.3, -0.25) is 17.2 Å². The first-order chi connectivity index (χ1) is 31.2. The molecule has 0 unspecified atom stereocenters. The summed E-state index contributed by atoms with van der Waals surface area (Å²) < 4.78 is 6.12. The molecule has 4 heteroatoms. The van der Waals surface area contributed by atoms with Gasteiger partial charge in [-0.15, -0.1) is 17.7 Å². The number of hydrogen-bond donors (Lipinski definition) is 0. The van der Waals surface area contributed by atoms with Crippen molar-refractivity contribution in [2.24, 2.45) is 0 Å². The Labute approximate surface area is 395 Å². The second kappa shape index (κ2) is 16.9. The third-order valence-electron chi connectivity index (χ3n) is 12.3. The van der Waals surface area contributed by atoms with E-state index in [-0.39, 0.29) is 31.1 Å². The van der Waals surface area contributed by atoms with Gasteiger partial charge >= 0.3 is 31.1 Å². The largest absolute Gasteiger partial charge is 2.00 e. The van der Waals surface area contributed by atoms with Crippen molar-refractivity contribution in [3.8, 4) is 67.0 Å². The molecule has 0 bridgehead atoms. The van der Waals surface area contributed by atoms with E-state index in [1.807, 2.05) is 18.2 Å². The summed E-state index contributed by atoms with van der Waals surface area (Å²) in [5, 5.41) is 4.37. The first-order valence-corrected chi connectivity index (χ1v) is 21.5. The van der Waals surface area contributed by atoms with Crippen LogP contribution in [-0.4, -0.2) is 9.97 Å². The fourth-order valence-electron chi connectivity index (χ4n) is 9.09. The third-order valence-corrected chi connectivity index (χ3v) is 12.3. The van der Waals surface area contributed by atoms with E-state index in [0.29, 0.717) is 0 Å². The standard InChI is InChI=1S/C60H38N2O.U/c1-4-13-39(14-5-1)46-19-12-20-47(35-46)40-23-27-44(28-24-40)55-37-52(42-15-6-2-7-16-42)50-32-33-51-53(43-17-8-3-9-18-43)38-56(62-60(51)59(50)61-55)45-29-25-41(26-30-45)48-31-34-58-54(36-48)49-21-10-11-22-57(49)63-58;/h2-4,6-13,15-18,20-38H,1,5H2;/q-2;+2. The molecule has 0 radical (unpaired) electrons. The molecule has 0 saturated carbocycles. The smallest absolute Gasteiger partial charge is 0.456 e. The van der Waals surface area contributed by atoms with E-state index in [1.165, 1.54) is 0 Å². The molecular weight excluding hydrogens is 1000 g/mol. The number of hydrogen-bond acceptors (Lipinski definition) is 3. The van der Waals surface area contributed by atoms with Gasteiger partial charge in [-0.05, 0) is 69.3 Å². The number of allylic oxidation sites excluding steroid dienone is 4. The van der Waals surface area contributed by atoms with Crippen LogP contribution in [-0.2, 0) is 0 Å². The Morgan fingerprint density at radius 2 is 0.953 bits per heavy atom. The van der Waals surface area contributed by atoms with Crippen molar-refractivity contribution in [2.45, 2.75) is 12.8 Å². The summed E-state index contributed by atoms with van der Waals surface area (Å²) in [6.45, 7) is 0. The van der Waals surface area contributed by atoms with Crippen molar-refractivity contribution < 1.29 is 35.5 Å². The van der Waals surface area contributed by atoms with Crippen LogP contribution in [0.1, 0.15) is 18.4 Å². The van der Waals surface area contributed by atoms with Crippen LogP contribution < -0.4 is 0 Å². The summed E-state index contributed by atoms with van der Waals surface area (Å²) in [6.07, 6.45) is 9.87. The van der Waals surface area contributed by atoms with Gasteiger partial charge in [-0.2, -0.15) is 12.1 Å². The van der Waals surface area contributed by atoms with Crippen LogP contribution in [0.3, 0.4) is 0 Å². The van der Waals surface area contributed by atoms with Crippen LogP contribution in [0.5, 0.6) is 0 Å². The molecule has 0 amide bonds. The van der Waals surface area contributed by atoms with E-state index >= 15 is 0 Å². The van der Waals surface area contributed by atoms with Gasteiger partial charge in [0.1, 0.15) is 11.2 Å². The topological polar surface area (TPSA) is 38.9 Å². The van der Waals surface area contributed by atoms with Crippen LogP contribution in [0, 0.1) is 43.3 Å². The minimum Gasteiger partial charge on any atom is -0.456 e. The number of fused-ring (bicyclic) bond motifs is 6. The minimum absolute atomic E-state index is 0. The molecule has 0 fully saturated rings. The summed E-state index contributed by atoms with van der Waals surface area (Å²) in [5.41, 5.74) is 18.7. The predicted octanol–water partition coefficient (Wildman–Crippen LogP) is 16.0. The van der Waals surface area contributed by atoms with E-state index in [1.54, 1.807) is 0 Å². The number of rotatable bonds is 7. The number of nitrogens with zero attached hydrogens (tertiary/aromatic N) is 2. The van der Waals surface area contributed by atoms with Gasteiger partial charge in [-0.1, -0.05) is 158 Å². The van der Waals surface area contributed by atoms with E-state index in [9.17, 15) is 0 Å². The molecule has 1 aliphatic rings. The van der Waals surface area contributed by atoms with Crippen molar-refractivity contribution in [3.05, 3.63) is 224 Å². The first kappa shape index (κ1) is 39.7. The zero-order valence-electron chi connectivity index (χ0n) is 34.8. The molecule has 0 saturated heterocycles. The molecule has 0 spiro atoms. The fraction of sp³-hybridized carbons (Fsp3) is 0.0333. The van der Waals surface area contributed by atoms with Crippen molar-refractivity contribution >= 4 is 49.3 Å². The summed E-state index contributed by atoms with van der Waals surface area (Å²) in [6, 6.07) is 72.1. The summed E-state index contributed by atoms with van der Waals surface area (Å²) in [7, 11) is 0. The molecule has 0 atom stereocenters. The Morgan fingerprint density at radius 1 is 0.422 bits per heavy atom. The summed E-state index contributed by atoms with van der Waals surface area (Å²) in [5.74, 6) is 0. The number of benzene rings is 8. The average Bonchev–Trinajstić information content (AvgIpc) is 3.74. The fourth-order valence-corrected chi connectivity index (χ4v) is 9.09. The Morgan fingerprint density at radius 3 is 1.55 bits per heavy atom. The number of furan rings is 1. The number of pyridine rings is 2. The van der Waals surface area contributed by atoms with Gasteiger partial charge in [-0.25, -0.2) is 22.1 Å². The zero-order valence-corrected chi connectivity index (χ0v) is 39.0. The average molecular weight is 1040 g/mol. The molecule has 8 aromatic carbocycles. The maximum atomic E-state index is 6.12. The Balaban J connectivity index is 0.00000456. The molecule has 64 heavy (non-hydrogen) atoms. The number of aromatic nitrogens is 2. The van der Waals surface area contributed by atoms with Crippen LogP contribution in [0.2, 0.25) is 0 Å². The van der Waals surface area contributed by atoms with Crippen LogP contribution in [0.15, 0.2) is 211 Å². The second-order valence-electron chi connectivity index (χ2n) is 16.2.